The Kier molecular flexibility index (Phi) is 4.76. The molecule has 1 atom stereocenters. The second kappa shape index (κ2) is 6.84. The van der Waals surface area contributed by atoms with Crippen molar-refractivity contribution in [2.24, 2.45) is 4.99 Å². The fourth-order valence-corrected chi connectivity index (χ4v) is 3.75. The lowest BCUT2D eigenvalue weighted by Gasteiger charge is -2.11. The highest BCUT2D eigenvalue weighted by Gasteiger charge is 2.25. The molecule has 1 aliphatic heterocycles. The van der Waals surface area contributed by atoms with E-state index in [-0.39, 0.29) is 6.04 Å². The van der Waals surface area contributed by atoms with Crippen molar-refractivity contribution in [1.29, 1.82) is 0 Å². The van der Waals surface area contributed by atoms with E-state index in [9.17, 15) is 0 Å². The maximum absolute atomic E-state index is 4.93. The minimum absolute atomic E-state index is 0.209. The summed E-state index contributed by atoms with van der Waals surface area (Å²) in [5.41, 5.74) is 11.1. The van der Waals surface area contributed by atoms with Crippen LogP contribution in [0.2, 0.25) is 0 Å². The van der Waals surface area contributed by atoms with E-state index in [0.29, 0.717) is 0 Å². The predicted octanol–water partition coefficient (Wildman–Crippen LogP) is 6.53. The first kappa shape index (κ1) is 17.4. The van der Waals surface area contributed by atoms with Crippen LogP contribution in [-0.2, 0) is 0 Å². The largest absolute Gasteiger partial charge is 0.276 e. The Labute approximate surface area is 151 Å². The average Bonchev–Trinajstić information content (AvgIpc) is 2.90. The van der Waals surface area contributed by atoms with Crippen LogP contribution >= 0.6 is 0 Å². The highest BCUT2D eigenvalue weighted by atomic mass is 14.8. The van der Waals surface area contributed by atoms with Crippen molar-refractivity contribution in [2.45, 2.75) is 47.1 Å². The first-order valence-electron chi connectivity index (χ1n) is 9.07. The second-order valence-electron chi connectivity index (χ2n) is 7.11. The van der Waals surface area contributed by atoms with Gasteiger partial charge in [-0.25, -0.2) is 0 Å². The Morgan fingerprint density at radius 3 is 2.40 bits per heavy atom. The summed E-state index contributed by atoms with van der Waals surface area (Å²) < 4.78 is 0. The molecule has 0 saturated carbocycles. The zero-order valence-electron chi connectivity index (χ0n) is 16.0. The highest BCUT2D eigenvalue weighted by molar-refractivity contribution is 6.17. The number of rotatable bonds is 4. The van der Waals surface area contributed by atoms with Crippen LogP contribution in [-0.4, -0.2) is 5.71 Å². The van der Waals surface area contributed by atoms with Crippen LogP contribution in [0.4, 0.5) is 0 Å². The van der Waals surface area contributed by atoms with Gasteiger partial charge < -0.3 is 0 Å². The van der Waals surface area contributed by atoms with E-state index in [2.05, 4.69) is 83.7 Å². The van der Waals surface area contributed by atoms with E-state index in [1.54, 1.807) is 0 Å². The molecule has 0 aromatic heterocycles. The summed E-state index contributed by atoms with van der Waals surface area (Å²) >= 11 is 0. The fraction of sp³-hybridized carbons (Fsp3) is 0.292. The summed E-state index contributed by atoms with van der Waals surface area (Å²) in [7, 11) is 0. The van der Waals surface area contributed by atoms with Gasteiger partial charge in [0, 0.05) is 5.56 Å². The van der Waals surface area contributed by atoms with Crippen molar-refractivity contribution < 1.29 is 0 Å². The molecule has 0 bridgehead atoms. The Morgan fingerprint density at radius 1 is 1.08 bits per heavy atom. The van der Waals surface area contributed by atoms with E-state index in [1.165, 1.54) is 39.0 Å². The summed E-state index contributed by atoms with van der Waals surface area (Å²) in [5, 5.41) is 0. The van der Waals surface area contributed by atoms with Crippen LogP contribution in [0.3, 0.4) is 0 Å². The van der Waals surface area contributed by atoms with Crippen molar-refractivity contribution in [3.05, 3.63) is 88.0 Å². The molecule has 0 N–H and O–H groups in total. The van der Waals surface area contributed by atoms with E-state index < -0.39 is 0 Å². The normalized spacial score (nSPS) is 16.6. The molecule has 0 amide bonds. The zero-order valence-corrected chi connectivity index (χ0v) is 16.0. The number of aryl methyl sites for hydroxylation is 3. The Bertz CT molecular complexity index is 879. The number of hydrogen-bond donors (Lipinski definition) is 0. The third-order valence-corrected chi connectivity index (χ3v) is 4.98. The lowest BCUT2D eigenvalue weighted by atomic mass is 9.91. The van der Waals surface area contributed by atoms with Gasteiger partial charge in [-0.3, -0.25) is 4.99 Å². The quantitative estimate of drug-likeness (QED) is 0.566. The molecule has 1 heterocycles. The van der Waals surface area contributed by atoms with Crippen molar-refractivity contribution >= 4 is 11.3 Å². The molecular formula is C24H27N. The minimum Gasteiger partial charge on any atom is -0.276 e. The molecule has 2 aromatic carbocycles. The van der Waals surface area contributed by atoms with Gasteiger partial charge in [-0.1, -0.05) is 55.0 Å². The van der Waals surface area contributed by atoms with E-state index in [0.717, 1.165) is 17.7 Å². The number of fused-ring (bicyclic) bond motifs is 1. The van der Waals surface area contributed by atoms with Crippen LogP contribution in [0.25, 0.3) is 5.57 Å². The van der Waals surface area contributed by atoms with Gasteiger partial charge in [-0.05, 0) is 74.1 Å². The van der Waals surface area contributed by atoms with Crippen molar-refractivity contribution in [2.75, 3.05) is 0 Å². The number of hydrogen-bond acceptors (Lipinski definition) is 1. The van der Waals surface area contributed by atoms with Gasteiger partial charge in [-0.2, -0.15) is 0 Å². The van der Waals surface area contributed by atoms with Gasteiger partial charge in [0.25, 0.3) is 0 Å². The third kappa shape index (κ3) is 3.37. The third-order valence-electron chi connectivity index (χ3n) is 4.98. The van der Waals surface area contributed by atoms with E-state index >= 15 is 0 Å². The molecule has 1 aliphatic rings. The van der Waals surface area contributed by atoms with E-state index in [4.69, 9.17) is 4.99 Å². The number of aliphatic imine (C=N–C) groups is 1. The van der Waals surface area contributed by atoms with Crippen molar-refractivity contribution in [3.63, 3.8) is 0 Å². The van der Waals surface area contributed by atoms with Gasteiger partial charge >= 0.3 is 0 Å². The Hall–Kier alpha value is -2.41. The Morgan fingerprint density at radius 2 is 1.76 bits per heavy atom. The molecule has 2 aromatic rings. The predicted molar refractivity (Wildman–Crippen MR) is 109 cm³/mol. The summed E-state index contributed by atoms with van der Waals surface area (Å²) in [4.78, 5) is 4.93. The molecular weight excluding hydrogens is 302 g/mol. The first-order valence-corrected chi connectivity index (χ1v) is 9.07. The van der Waals surface area contributed by atoms with E-state index in [1.807, 2.05) is 0 Å². The molecule has 25 heavy (non-hydrogen) atoms. The maximum atomic E-state index is 4.93. The smallest absolute Gasteiger partial charge is 0.0737 e. The molecule has 0 radical (unpaired) electrons. The summed E-state index contributed by atoms with van der Waals surface area (Å²) in [6, 6.07) is 13.4. The standard InChI is InChI=1S/C24H27N/c1-7-20(21-10-8-15(2)9-11-21)14-18(5)24-22-13-16(3)12-17(4)23(22)19(6)25-24/h8-14,19H,5,7H2,1-4,6H3/b20-14+/t19-/m1/s1. The van der Waals surface area contributed by atoms with Gasteiger partial charge in [0.05, 0.1) is 11.8 Å². The topological polar surface area (TPSA) is 12.4 Å². The molecule has 0 fully saturated rings. The highest BCUT2D eigenvalue weighted by Crippen LogP contribution is 2.35. The molecule has 0 aliphatic carbocycles. The van der Waals surface area contributed by atoms with Gasteiger partial charge in [-0.15, -0.1) is 0 Å². The van der Waals surface area contributed by atoms with Crippen LogP contribution < -0.4 is 0 Å². The van der Waals surface area contributed by atoms with Crippen LogP contribution in [0.1, 0.15) is 59.7 Å². The molecule has 0 spiro atoms. The lowest BCUT2D eigenvalue weighted by Crippen LogP contribution is -2.03. The van der Waals surface area contributed by atoms with Gasteiger partial charge in [0.2, 0.25) is 0 Å². The van der Waals surface area contributed by atoms with Crippen LogP contribution in [0.15, 0.2) is 59.6 Å². The zero-order chi connectivity index (χ0) is 18.1. The summed E-state index contributed by atoms with van der Waals surface area (Å²) in [6.45, 7) is 15.2. The number of allylic oxidation sites excluding steroid dienone is 3. The fourth-order valence-electron chi connectivity index (χ4n) is 3.75. The number of nitrogens with zero attached hydrogens (tertiary/aromatic N) is 1. The second-order valence-corrected chi connectivity index (χ2v) is 7.11. The van der Waals surface area contributed by atoms with Gasteiger partial charge in [0.1, 0.15) is 0 Å². The van der Waals surface area contributed by atoms with Gasteiger partial charge in [0.15, 0.2) is 0 Å². The molecule has 1 heteroatoms. The summed E-state index contributed by atoms with van der Waals surface area (Å²) in [6.07, 6.45) is 3.19. The molecule has 1 nitrogen and oxygen atoms in total. The lowest BCUT2D eigenvalue weighted by molar-refractivity contribution is 0.833. The molecule has 0 unspecified atom stereocenters. The Balaban J connectivity index is 1.99. The van der Waals surface area contributed by atoms with Crippen molar-refractivity contribution in [1.82, 2.24) is 0 Å². The molecule has 0 saturated heterocycles. The number of benzene rings is 2. The average molecular weight is 329 g/mol. The van der Waals surface area contributed by atoms with Crippen molar-refractivity contribution in [3.8, 4) is 0 Å². The minimum atomic E-state index is 0.209. The SMILES string of the molecule is C=C(/C=C(\CC)c1ccc(C)cc1)C1=N[C@H](C)c2c(C)cc(C)cc21. The first-order chi connectivity index (χ1) is 11.9. The molecule has 128 valence electrons. The van der Waals surface area contributed by atoms with Crippen LogP contribution in [0.5, 0.6) is 0 Å². The maximum Gasteiger partial charge on any atom is 0.0737 e. The molecule has 3 rings (SSSR count). The monoisotopic (exact) mass is 329 g/mol. The summed E-state index contributed by atoms with van der Waals surface area (Å²) in [5.74, 6) is 0. The van der Waals surface area contributed by atoms with Crippen LogP contribution in [0, 0.1) is 20.8 Å².